The summed E-state index contributed by atoms with van der Waals surface area (Å²) in [6, 6.07) is 15.4. The highest BCUT2D eigenvalue weighted by molar-refractivity contribution is 7.22. The fourth-order valence-corrected chi connectivity index (χ4v) is 9.13. The molecular formula is C27H30S2. The average Bonchev–Trinajstić information content (AvgIpc) is 3.43. The molecule has 2 saturated carbocycles. The first-order valence-electron chi connectivity index (χ1n) is 11.6. The van der Waals surface area contributed by atoms with E-state index >= 15 is 0 Å². The van der Waals surface area contributed by atoms with Crippen LogP contribution in [0.5, 0.6) is 0 Å². The third kappa shape index (κ3) is 3.24. The molecule has 0 N–H and O–H groups in total. The van der Waals surface area contributed by atoms with E-state index in [4.69, 9.17) is 0 Å². The fourth-order valence-electron chi connectivity index (χ4n) is 6.23. The standard InChI is InChI=1S/C20H22S2.C7H8/c1-5-13-6-2-11(1)15-9-17(21-19(13)15)18-10-16-12-3-7-14(8-4-12)20(16)22-18;1-7-5-3-2-4-6-7/h9-14H,1-8H2;2-6H,1H3. The van der Waals surface area contributed by atoms with Crippen molar-refractivity contribution in [2.45, 2.75) is 82.0 Å². The Kier molecular flexibility index (Phi) is 4.69. The third-order valence-corrected chi connectivity index (χ3v) is 10.7. The summed E-state index contributed by atoms with van der Waals surface area (Å²) in [4.78, 5) is 6.74. The highest BCUT2D eigenvalue weighted by Gasteiger charge is 2.37. The SMILES string of the molecule is Cc1ccccc1.c1c(-c2cc3c(s2)C2CCC3CC2)sc2c1C1CCC2CC1. The van der Waals surface area contributed by atoms with Crippen LogP contribution in [0, 0.1) is 6.92 Å². The number of fused-ring (bicyclic) bond motifs is 4. The molecule has 0 nitrogen and oxygen atoms in total. The van der Waals surface area contributed by atoms with E-state index in [-0.39, 0.29) is 0 Å². The van der Waals surface area contributed by atoms with Gasteiger partial charge < -0.3 is 0 Å². The van der Waals surface area contributed by atoms with E-state index in [2.05, 4.69) is 53.9 Å². The molecule has 2 heteroatoms. The maximum Gasteiger partial charge on any atom is 0.0448 e. The molecule has 0 spiro atoms. The fraction of sp³-hybridized carbons (Fsp3) is 0.481. The van der Waals surface area contributed by atoms with Crippen molar-refractivity contribution in [3.8, 4) is 9.75 Å². The molecule has 9 rings (SSSR count). The minimum absolute atomic E-state index is 0.899. The molecule has 0 aliphatic heterocycles. The number of aryl methyl sites for hydroxylation is 1. The van der Waals surface area contributed by atoms with Crippen LogP contribution in [-0.2, 0) is 0 Å². The molecule has 150 valence electrons. The number of benzene rings is 1. The van der Waals surface area contributed by atoms with Gasteiger partial charge in [-0.1, -0.05) is 35.9 Å². The minimum Gasteiger partial charge on any atom is -0.139 e. The molecule has 0 atom stereocenters. The van der Waals surface area contributed by atoms with E-state index in [0.29, 0.717) is 0 Å². The molecule has 2 aromatic heterocycles. The first kappa shape index (κ1) is 18.4. The predicted molar refractivity (Wildman–Crippen MR) is 127 cm³/mol. The summed E-state index contributed by atoms with van der Waals surface area (Å²) in [5, 5.41) is 0. The summed E-state index contributed by atoms with van der Waals surface area (Å²) in [7, 11) is 0. The summed E-state index contributed by atoms with van der Waals surface area (Å²) in [5.74, 6) is 3.61. The van der Waals surface area contributed by atoms with E-state index in [1.165, 1.54) is 56.9 Å². The Bertz CT molecular complexity index is 869. The number of hydrogen-bond acceptors (Lipinski definition) is 2. The van der Waals surface area contributed by atoms with Crippen LogP contribution in [0.25, 0.3) is 9.75 Å². The lowest BCUT2D eigenvalue weighted by atomic mass is 9.70. The zero-order valence-corrected chi connectivity index (χ0v) is 19.0. The quantitative estimate of drug-likeness (QED) is 0.370. The summed E-state index contributed by atoms with van der Waals surface area (Å²) < 4.78 is 0. The molecule has 2 fully saturated rings. The maximum absolute atomic E-state index is 2.59. The molecule has 0 amide bonds. The zero-order chi connectivity index (χ0) is 19.4. The molecular weight excluding hydrogens is 388 g/mol. The first-order valence-corrected chi connectivity index (χ1v) is 13.2. The van der Waals surface area contributed by atoms with E-state index in [1.54, 1.807) is 30.6 Å². The smallest absolute Gasteiger partial charge is 0.0448 e. The predicted octanol–water partition coefficient (Wildman–Crippen LogP) is 8.98. The Labute approximate surface area is 183 Å². The van der Waals surface area contributed by atoms with Gasteiger partial charge in [0.2, 0.25) is 0 Å². The largest absolute Gasteiger partial charge is 0.139 e. The van der Waals surface area contributed by atoms with Gasteiger partial charge in [0.25, 0.3) is 0 Å². The maximum atomic E-state index is 2.59. The van der Waals surface area contributed by atoms with Crippen molar-refractivity contribution < 1.29 is 0 Å². The first-order chi connectivity index (χ1) is 14.3. The lowest BCUT2D eigenvalue weighted by Gasteiger charge is -2.35. The molecule has 6 aliphatic carbocycles. The topological polar surface area (TPSA) is 0 Å². The Morgan fingerprint density at radius 2 is 1.00 bits per heavy atom. The number of hydrogen-bond donors (Lipinski definition) is 0. The highest BCUT2D eigenvalue weighted by Crippen LogP contribution is 2.57. The van der Waals surface area contributed by atoms with Crippen molar-refractivity contribution in [3.05, 3.63) is 68.9 Å². The van der Waals surface area contributed by atoms with Crippen LogP contribution in [-0.4, -0.2) is 0 Å². The monoisotopic (exact) mass is 418 g/mol. The molecule has 0 unspecified atom stereocenters. The van der Waals surface area contributed by atoms with Gasteiger partial charge in [0.05, 0.1) is 0 Å². The molecule has 1 aromatic carbocycles. The molecule has 4 bridgehead atoms. The minimum atomic E-state index is 0.899. The van der Waals surface area contributed by atoms with Crippen LogP contribution in [0.15, 0.2) is 42.5 Å². The summed E-state index contributed by atoms with van der Waals surface area (Å²) >= 11 is 4.30. The van der Waals surface area contributed by atoms with Gasteiger partial charge in [0, 0.05) is 19.5 Å². The van der Waals surface area contributed by atoms with Crippen molar-refractivity contribution >= 4 is 22.7 Å². The number of rotatable bonds is 1. The zero-order valence-electron chi connectivity index (χ0n) is 17.3. The molecule has 0 saturated heterocycles. The molecule has 29 heavy (non-hydrogen) atoms. The lowest BCUT2D eigenvalue weighted by Crippen LogP contribution is -2.19. The lowest BCUT2D eigenvalue weighted by molar-refractivity contribution is 0.365. The van der Waals surface area contributed by atoms with Crippen LogP contribution < -0.4 is 0 Å². The van der Waals surface area contributed by atoms with Crippen LogP contribution in [0.2, 0.25) is 0 Å². The van der Waals surface area contributed by atoms with E-state index in [9.17, 15) is 0 Å². The van der Waals surface area contributed by atoms with Gasteiger partial charge in [-0.15, -0.1) is 22.7 Å². The van der Waals surface area contributed by atoms with Crippen LogP contribution >= 0.6 is 22.7 Å². The summed E-state index contributed by atoms with van der Waals surface area (Å²) in [6.45, 7) is 2.08. The van der Waals surface area contributed by atoms with Gasteiger partial charge >= 0.3 is 0 Å². The van der Waals surface area contributed by atoms with Crippen molar-refractivity contribution in [3.63, 3.8) is 0 Å². The van der Waals surface area contributed by atoms with Gasteiger partial charge in [0.1, 0.15) is 0 Å². The van der Waals surface area contributed by atoms with Crippen molar-refractivity contribution in [2.24, 2.45) is 0 Å². The normalized spacial score (nSPS) is 28.4. The van der Waals surface area contributed by atoms with Crippen LogP contribution in [0.1, 0.15) is 101 Å². The second-order valence-electron chi connectivity index (χ2n) is 9.61. The van der Waals surface area contributed by atoms with Crippen molar-refractivity contribution in [1.29, 1.82) is 0 Å². The van der Waals surface area contributed by atoms with Crippen molar-refractivity contribution in [1.82, 2.24) is 0 Å². The van der Waals surface area contributed by atoms with Gasteiger partial charge in [-0.25, -0.2) is 0 Å². The van der Waals surface area contributed by atoms with E-state index < -0.39 is 0 Å². The van der Waals surface area contributed by atoms with Crippen LogP contribution in [0.3, 0.4) is 0 Å². The van der Waals surface area contributed by atoms with E-state index in [0.717, 1.165) is 23.7 Å². The molecule has 2 heterocycles. The molecule has 3 aromatic rings. The third-order valence-electron chi connectivity index (χ3n) is 7.84. The van der Waals surface area contributed by atoms with Crippen LogP contribution in [0.4, 0.5) is 0 Å². The Morgan fingerprint density at radius 1 is 0.586 bits per heavy atom. The van der Waals surface area contributed by atoms with Gasteiger partial charge in [0.15, 0.2) is 0 Å². The molecule has 6 aliphatic rings. The second kappa shape index (κ2) is 7.39. The van der Waals surface area contributed by atoms with Gasteiger partial charge in [-0.05, 0) is 105 Å². The van der Waals surface area contributed by atoms with Gasteiger partial charge in [-0.2, -0.15) is 0 Å². The Balaban J connectivity index is 0.000000203. The average molecular weight is 419 g/mol. The van der Waals surface area contributed by atoms with Crippen molar-refractivity contribution in [2.75, 3.05) is 0 Å². The number of thiophene rings is 2. The Morgan fingerprint density at radius 3 is 1.34 bits per heavy atom. The Hall–Kier alpha value is -1.38. The second-order valence-corrected chi connectivity index (χ2v) is 11.8. The summed E-state index contributed by atoms with van der Waals surface area (Å²) in [5.41, 5.74) is 4.82. The van der Waals surface area contributed by atoms with Gasteiger partial charge in [-0.3, -0.25) is 0 Å². The summed E-state index contributed by atoms with van der Waals surface area (Å²) in [6.07, 6.45) is 11.7. The highest BCUT2D eigenvalue weighted by atomic mass is 32.1. The molecule has 0 radical (unpaired) electrons. The van der Waals surface area contributed by atoms with E-state index in [1.807, 2.05) is 18.2 Å².